The molecule has 0 fully saturated rings. The molecular weight excluding hydrogens is 362 g/mol. The molecule has 6 heteroatoms. The van der Waals surface area contributed by atoms with Crippen molar-refractivity contribution in [3.63, 3.8) is 0 Å². The van der Waals surface area contributed by atoms with E-state index in [1.54, 1.807) is 13.3 Å². The summed E-state index contributed by atoms with van der Waals surface area (Å²) in [5, 5.41) is 7.95. The van der Waals surface area contributed by atoms with E-state index in [2.05, 4.69) is 56.0 Å². The number of methoxy groups -OCH3 is 1. The van der Waals surface area contributed by atoms with Crippen LogP contribution in [0, 0.1) is 0 Å². The molecule has 4 aromatic rings. The van der Waals surface area contributed by atoms with E-state index >= 15 is 0 Å². The molecule has 0 spiro atoms. The highest BCUT2D eigenvalue weighted by atomic mass is 16.5. The predicted octanol–water partition coefficient (Wildman–Crippen LogP) is 4.28. The van der Waals surface area contributed by atoms with Crippen LogP contribution in [0.4, 0.5) is 11.8 Å². The number of fused-ring (bicyclic) bond motifs is 1. The number of H-pyrrole nitrogens is 1. The lowest BCUT2D eigenvalue weighted by atomic mass is 10.1. The largest absolute Gasteiger partial charge is 0.496 e. The van der Waals surface area contributed by atoms with Crippen LogP contribution in [0.5, 0.6) is 5.75 Å². The standard InChI is InChI=1S/C23H25N5O/c1-29-21-9-5-2-6-17(21)10-14-25-23-26-15-12-22(28-23)24-13-11-18-16-27-20-8-4-3-7-19(18)20/h2-9,12,15-16,27H,10-11,13-14H2,1H3,(H2,24,25,26,28). The van der Waals surface area contributed by atoms with Gasteiger partial charge in [-0.1, -0.05) is 36.4 Å². The molecular formula is C23H25N5O. The third kappa shape index (κ3) is 4.66. The Bertz CT molecular complexity index is 1080. The van der Waals surface area contributed by atoms with Crippen LogP contribution in [-0.4, -0.2) is 35.2 Å². The summed E-state index contributed by atoms with van der Waals surface area (Å²) in [5.41, 5.74) is 3.64. The Morgan fingerprint density at radius 2 is 1.69 bits per heavy atom. The number of rotatable bonds is 9. The summed E-state index contributed by atoms with van der Waals surface area (Å²) in [5.74, 6) is 2.35. The molecule has 148 valence electrons. The lowest BCUT2D eigenvalue weighted by Crippen LogP contribution is -2.11. The number of aromatic amines is 1. The molecule has 0 unspecified atom stereocenters. The van der Waals surface area contributed by atoms with Gasteiger partial charge >= 0.3 is 0 Å². The number of nitrogens with one attached hydrogen (secondary N) is 3. The third-order valence-electron chi connectivity index (χ3n) is 4.90. The second-order valence-corrected chi connectivity index (χ2v) is 6.79. The monoisotopic (exact) mass is 387 g/mol. The maximum atomic E-state index is 5.40. The molecule has 2 heterocycles. The normalized spacial score (nSPS) is 10.8. The number of ether oxygens (including phenoxy) is 1. The number of anilines is 2. The predicted molar refractivity (Wildman–Crippen MR) is 118 cm³/mol. The number of para-hydroxylation sites is 2. The van der Waals surface area contributed by atoms with E-state index in [0.29, 0.717) is 5.95 Å². The fourth-order valence-electron chi connectivity index (χ4n) is 3.42. The van der Waals surface area contributed by atoms with Gasteiger partial charge in [-0.3, -0.25) is 0 Å². The van der Waals surface area contributed by atoms with E-state index < -0.39 is 0 Å². The van der Waals surface area contributed by atoms with Gasteiger partial charge in [-0.15, -0.1) is 0 Å². The molecule has 0 saturated heterocycles. The van der Waals surface area contributed by atoms with Gasteiger partial charge in [-0.25, -0.2) is 4.98 Å². The summed E-state index contributed by atoms with van der Waals surface area (Å²) >= 11 is 0. The van der Waals surface area contributed by atoms with Gasteiger partial charge in [0.15, 0.2) is 0 Å². The van der Waals surface area contributed by atoms with E-state index in [4.69, 9.17) is 4.74 Å². The van der Waals surface area contributed by atoms with E-state index in [1.165, 1.54) is 16.5 Å². The maximum Gasteiger partial charge on any atom is 0.224 e. The van der Waals surface area contributed by atoms with Crippen molar-refractivity contribution in [2.24, 2.45) is 0 Å². The Labute approximate surface area is 170 Å². The summed E-state index contributed by atoms with van der Waals surface area (Å²) in [4.78, 5) is 12.2. The summed E-state index contributed by atoms with van der Waals surface area (Å²) in [7, 11) is 1.70. The van der Waals surface area contributed by atoms with Gasteiger partial charge in [0.25, 0.3) is 0 Å². The Kier molecular flexibility index (Phi) is 5.90. The van der Waals surface area contributed by atoms with Crippen molar-refractivity contribution in [1.29, 1.82) is 0 Å². The lowest BCUT2D eigenvalue weighted by molar-refractivity contribution is 0.410. The van der Waals surface area contributed by atoms with Crippen molar-refractivity contribution in [2.45, 2.75) is 12.8 Å². The maximum absolute atomic E-state index is 5.40. The molecule has 0 saturated carbocycles. The van der Waals surface area contributed by atoms with Gasteiger partial charge in [-0.05, 0) is 42.2 Å². The molecule has 2 aromatic carbocycles. The van der Waals surface area contributed by atoms with Gasteiger partial charge in [-0.2, -0.15) is 4.98 Å². The van der Waals surface area contributed by atoms with Gasteiger partial charge in [0.05, 0.1) is 7.11 Å². The second kappa shape index (κ2) is 9.10. The van der Waals surface area contributed by atoms with Crippen LogP contribution in [-0.2, 0) is 12.8 Å². The highest BCUT2D eigenvalue weighted by Gasteiger charge is 2.05. The van der Waals surface area contributed by atoms with Crippen molar-refractivity contribution in [3.05, 3.63) is 78.1 Å². The molecule has 29 heavy (non-hydrogen) atoms. The highest BCUT2D eigenvalue weighted by Crippen LogP contribution is 2.19. The number of hydrogen-bond donors (Lipinski definition) is 3. The zero-order chi connectivity index (χ0) is 19.9. The molecule has 4 rings (SSSR count). The second-order valence-electron chi connectivity index (χ2n) is 6.79. The van der Waals surface area contributed by atoms with Crippen molar-refractivity contribution >= 4 is 22.7 Å². The SMILES string of the molecule is COc1ccccc1CCNc1nccc(NCCc2c[nH]c3ccccc23)n1. The highest BCUT2D eigenvalue weighted by molar-refractivity contribution is 5.83. The zero-order valence-corrected chi connectivity index (χ0v) is 16.5. The zero-order valence-electron chi connectivity index (χ0n) is 16.5. The average Bonchev–Trinajstić information content (AvgIpc) is 3.18. The molecule has 0 aliphatic rings. The number of aromatic nitrogens is 3. The minimum Gasteiger partial charge on any atom is -0.496 e. The fraction of sp³-hybridized carbons (Fsp3) is 0.217. The topological polar surface area (TPSA) is 74.9 Å². The van der Waals surface area contributed by atoms with Crippen LogP contribution in [0.3, 0.4) is 0 Å². The number of hydrogen-bond acceptors (Lipinski definition) is 5. The first-order valence-electron chi connectivity index (χ1n) is 9.81. The molecule has 0 amide bonds. The summed E-state index contributed by atoms with van der Waals surface area (Å²) in [6, 6.07) is 18.3. The minimum absolute atomic E-state index is 0.622. The van der Waals surface area contributed by atoms with Crippen molar-refractivity contribution < 1.29 is 4.74 Å². The Morgan fingerprint density at radius 1 is 0.897 bits per heavy atom. The van der Waals surface area contributed by atoms with Gasteiger partial charge in [0.1, 0.15) is 11.6 Å². The van der Waals surface area contributed by atoms with Crippen molar-refractivity contribution in [1.82, 2.24) is 15.0 Å². The van der Waals surface area contributed by atoms with E-state index in [0.717, 1.165) is 43.1 Å². The first-order valence-corrected chi connectivity index (χ1v) is 9.81. The summed E-state index contributed by atoms with van der Waals surface area (Å²) in [6.45, 7) is 1.54. The van der Waals surface area contributed by atoms with Gasteiger partial charge in [0, 0.05) is 36.4 Å². The Hall–Kier alpha value is -3.54. The van der Waals surface area contributed by atoms with Crippen molar-refractivity contribution in [2.75, 3.05) is 30.8 Å². The molecule has 0 atom stereocenters. The van der Waals surface area contributed by atoms with Crippen LogP contribution in [0.1, 0.15) is 11.1 Å². The number of nitrogens with zero attached hydrogens (tertiary/aromatic N) is 2. The molecule has 2 aromatic heterocycles. The molecule has 6 nitrogen and oxygen atoms in total. The van der Waals surface area contributed by atoms with Crippen LogP contribution >= 0.6 is 0 Å². The third-order valence-corrected chi connectivity index (χ3v) is 4.90. The van der Waals surface area contributed by atoms with Gasteiger partial charge in [0.2, 0.25) is 5.95 Å². The van der Waals surface area contributed by atoms with Crippen LogP contribution in [0.15, 0.2) is 67.0 Å². The van der Waals surface area contributed by atoms with Crippen LogP contribution in [0.25, 0.3) is 10.9 Å². The molecule has 0 radical (unpaired) electrons. The quantitative estimate of drug-likeness (QED) is 0.400. The minimum atomic E-state index is 0.622. The summed E-state index contributed by atoms with van der Waals surface area (Å²) < 4.78 is 5.40. The van der Waals surface area contributed by atoms with Crippen LogP contribution in [0.2, 0.25) is 0 Å². The number of benzene rings is 2. The summed E-state index contributed by atoms with van der Waals surface area (Å²) in [6.07, 6.45) is 5.61. The Balaban J connectivity index is 1.29. The molecule has 0 aliphatic carbocycles. The van der Waals surface area contributed by atoms with E-state index in [1.807, 2.05) is 30.3 Å². The van der Waals surface area contributed by atoms with Gasteiger partial charge < -0.3 is 20.4 Å². The van der Waals surface area contributed by atoms with Crippen LogP contribution < -0.4 is 15.4 Å². The average molecular weight is 387 g/mol. The fourth-order valence-corrected chi connectivity index (χ4v) is 3.42. The molecule has 3 N–H and O–H groups in total. The first-order chi connectivity index (χ1) is 14.3. The Morgan fingerprint density at radius 3 is 2.62 bits per heavy atom. The van der Waals surface area contributed by atoms with E-state index in [9.17, 15) is 0 Å². The smallest absolute Gasteiger partial charge is 0.224 e. The molecule has 0 bridgehead atoms. The first kappa shape index (κ1) is 18.8. The lowest BCUT2D eigenvalue weighted by Gasteiger charge is -2.10. The van der Waals surface area contributed by atoms with E-state index in [-0.39, 0.29) is 0 Å². The van der Waals surface area contributed by atoms with Crippen molar-refractivity contribution in [3.8, 4) is 5.75 Å². The molecule has 0 aliphatic heterocycles.